The summed E-state index contributed by atoms with van der Waals surface area (Å²) in [6.07, 6.45) is 1.36. The van der Waals surface area contributed by atoms with Crippen LogP contribution in [0.2, 0.25) is 0 Å². The molecule has 0 aliphatic carbocycles. The molecular formula is C11H19N3O4. The van der Waals surface area contributed by atoms with Crippen molar-refractivity contribution in [2.45, 2.75) is 38.8 Å². The van der Waals surface area contributed by atoms with Crippen LogP contribution in [0.1, 0.15) is 26.7 Å². The number of nitrogens with one attached hydrogen (secondary N) is 3. The van der Waals surface area contributed by atoms with Gasteiger partial charge in [-0.05, 0) is 18.8 Å². The fraction of sp³-hybridized carbons (Fsp3) is 0.727. The number of hydrogen-bond donors (Lipinski definition) is 4. The first-order chi connectivity index (χ1) is 8.41. The highest BCUT2D eigenvalue weighted by molar-refractivity contribution is 5.89. The predicted molar refractivity (Wildman–Crippen MR) is 64.0 cm³/mol. The SMILES string of the molecule is CC(C)[C@@H](NC(=O)NC1CCCNC1=O)C(=O)O. The van der Waals surface area contributed by atoms with Gasteiger partial charge in [0.25, 0.3) is 0 Å². The number of carbonyl (C=O) groups is 3. The van der Waals surface area contributed by atoms with Crippen LogP contribution in [-0.4, -0.2) is 41.6 Å². The van der Waals surface area contributed by atoms with Crippen molar-refractivity contribution in [2.75, 3.05) is 6.54 Å². The Morgan fingerprint density at radius 1 is 1.44 bits per heavy atom. The molecule has 3 amide bonds. The topological polar surface area (TPSA) is 108 Å². The molecule has 7 heteroatoms. The summed E-state index contributed by atoms with van der Waals surface area (Å²) in [7, 11) is 0. The van der Waals surface area contributed by atoms with E-state index in [9.17, 15) is 14.4 Å². The van der Waals surface area contributed by atoms with Crippen molar-refractivity contribution in [3.05, 3.63) is 0 Å². The van der Waals surface area contributed by atoms with E-state index in [1.165, 1.54) is 0 Å². The highest BCUT2D eigenvalue weighted by atomic mass is 16.4. The molecule has 0 spiro atoms. The second kappa shape index (κ2) is 6.23. The molecule has 0 aromatic rings. The molecule has 18 heavy (non-hydrogen) atoms. The Hall–Kier alpha value is -1.79. The van der Waals surface area contributed by atoms with Gasteiger partial charge in [0, 0.05) is 6.54 Å². The van der Waals surface area contributed by atoms with E-state index < -0.39 is 24.1 Å². The van der Waals surface area contributed by atoms with Crippen molar-refractivity contribution in [1.29, 1.82) is 0 Å². The maximum Gasteiger partial charge on any atom is 0.326 e. The van der Waals surface area contributed by atoms with Gasteiger partial charge in [0.1, 0.15) is 12.1 Å². The van der Waals surface area contributed by atoms with Gasteiger partial charge in [0.05, 0.1) is 0 Å². The van der Waals surface area contributed by atoms with Crippen LogP contribution in [0.25, 0.3) is 0 Å². The molecule has 0 bridgehead atoms. The number of piperidine rings is 1. The Bertz CT molecular complexity index is 343. The van der Waals surface area contributed by atoms with E-state index >= 15 is 0 Å². The molecule has 1 heterocycles. The molecule has 1 rings (SSSR count). The summed E-state index contributed by atoms with van der Waals surface area (Å²) in [4.78, 5) is 33.9. The van der Waals surface area contributed by atoms with Gasteiger partial charge in [-0.15, -0.1) is 0 Å². The summed E-state index contributed by atoms with van der Waals surface area (Å²) in [5, 5.41) is 16.4. The lowest BCUT2D eigenvalue weighted by Crippen LogP contribution is -2.56. The third kappa shape index (κ3) is 3.90. The van der Waals surface area contributed by atoms with Gasteiger partial charge in [-0.2, -0.15) is 0 Å². The fourth-order valence-corrected chi connectivity index (χ4v) is 1.76. The second-order valence-corrected chi connectivity index (χ2v) is 4.66. The minimum atomic E-state index is -1.09. The summed E-state index contributed by atoms with van der Waals surface area (Å²) < 4.78 is 0. The van der Waals surface area contributed by atoms with E-state index in [-0.39, 0.29) is 11.8 Å². The monoisotopic (exact) mass is 257 g/mol. The van der Waals surface area contributed by atoms with Crippen LogP contribution in [0.15, 0.2) is 0 Å². The third-order valence-corrected chi connectivity index (χ3v) is 2.81. The number of hydrogen-bond acceptors (Lipinski definition) is 3. The first-order valence-electron chi connectivity index (χ1n) is 5.99. The summed E-state index contributed by atoms with van der Waals surface area (Å²) in [6.45, 7) is 4.02. The lowest BCUT2D eigenvalue weighted by Gasteiger charge is -2.24. The molecular weight excluding hydrogens is 238 g/mol. The molecule has 0 aromatic heterocycles. The summed E-state index contributed by atoms with van der Waals surface area (Å²) >= 11 is 0. The maximum atomic E-state index is 11.6. The summed E-state index contributed by atoms with van der Waals surface area (Å²) in [5.74, 6) is -1.55. The van der Waals surface area contributed by atoms with Crippen molar-refractivity contribution >= 4 is 17.9 Å². The zero-order valence-corrected chi connectivity index (χ0v) is 10.5. The van der Waals surface area contributed by atoms with Crippen LogP contribution in [0, 0.1) is 5.92 Å². The number of amides is 3. The molecule has 0 radical (unpaired) electrons. The predicted octanol–water partition coefficient (Wildman–Crippen LogP) is -0.327. The van der Waals surface area contributed by atoms with Gasteiger partial charge in [-0.1, -0.05) is 13.8 Å². The van der Waals surface area contributed by atoms with Crippen molar-refractivity contribution in [3.8, 4) is 0 Å². The number of aliphatic carboxylic acids is 1. The molecule has 0 aromatic carbocycles. The number of urea groups is 1. The zero-order chi connectivity index (χ0) is 13.7. The fourth-order valence-electron chi connectivity index (χ4n) is 1.76. The molecule has 1 fully saturated rings. The van der Waals surface area contributed by atoms with E-state index in [2.05, 4.69) is 16.0 Å². The molecule has 102 valence electrons. The smallest absolute Gasteiger partial charge is 0.326 e. The molecule has 0 saturated carbocycles. The van der Waals surface area contributed by atoms with Crippen molar-refractivity contribution < 1.29 is 19.5 Å². The molecule has 1 aliphatic heterocycles. The van der Waals surface area contributed by atoms with Crippen LogP contribution in [0.5, 0.6) is 0 Å². The van der Waals surface area contributed by atoms with Crippen molar-refractivity contribution in [3.63, 3.8) is 0 Å². The van der Waals surface area contributed by atoms with Gasteiger partial charge in [-0.25, -0.2) is 9.59 Å². The lowest BCUT2D eigenvalue weighted by molar-refractivity contribution is -0.140. The van der Waals surface area contributed by atoms with Crippen LogP contribution >= 0.6 is 0 Å². The highest BCUT2D eigenvalue weighted by Gasteiger charge is 2.27. The zero-order valence-electron chi connectivity index (χ0n) is 10.5. The van der Waals surface area contributed by atoms with E-state index in [0.717, 1.165) is 6.42 Å². The van der Waals surface area contributed by atoms with Gasteiger partial charge >= 0.3 is 12.0 Å². The highest BCUT2D eigenvalue weighted by Crippen LogP contribution is 2.04. The van der Waals surface area contributed by atoms with Crippen LogP contribution in [-0.2, 0) is 9.59 Å². The Morgan fingerprint density at radius 2 is 2.11 bits per heavy atom. The quantitative estimate of drug-likeness (QED) is 0.553. The Morgan fingerprint density at radius 3 is 2.61 bits per heavy atom. The normalized spacial score (nSPS) is 21.1. The van der Waals surface area contributed by atoms with Crippen LogP contribution in [0.3, 0.4) is 0 Å². The third-order valence-electron chi connectivity index (χ3n) is 2.81. The minimum Gasteiger partial charge on any atom is -0.480 e. The summed E-state index contributed by atoms with van der Waals surface area (Å²) in [6, 6.07) is -2.17. The first-order valence-corrected chi connectivity index (χ1v) is 5.99. The van der Waals surface area contributed by atoms with Crippen LogP contribution in [0.4, 0.5) is 4.79 Å². The van der Waals surface area contributed by atoms with E-state index in [4.69, 9.17) is 5.11 Å². The van der Waals surface area contributed by atoms with Gasteiger partial charge in [0.15, 0.2) is 0 Å². The number of rotatable bonds is 4. The molecule has 7 nitrogen and oxygen atoms in total. The molecule has 4 N–H and O–H groups in total. The van der Waals surface area contributed by atoms with E-state index in [1.54, 1.807) is 13.8 Å². The summed E-state index contributed by atoms with van der Waals surface area (Å²) in [5.41, 5.74) is 0. The van der Waals surface area contributed by atoms with Crippen LogP contribution < -0.4 is 16.0 Å². The van der Waals surface area contributed by atoms with Gasteiger partial charge in [-0.3, -0.25) is 4.79 Å². The molecule has 1 aliphatic rings. The molecule has 1 unspecified atom stereocenters. The average Bonchev–Trinajstić information content (AvgIpc) is 2.28. The largest absolute Gasteiger partial charge is 0.480 e. The van der Waals surface area contributed by atoms with E-state index in [1.807, 2.05) is 0 Å². The van der Waals surface area contributed by atoms with Gasteiger partial charge in [0.2, 0.25) is 5.91 Å². The number of carboxylic acid groups (broad SMARTS) is 1. The average molecular weight is 257 g/mol. The maximum absolute atomic E-state index is 11.6. The number of carboxylic acids is 1. The lowest BCUT2D eigenvalue weighted by atomic mass is 10.0. The first kappa shape index (κ1) is 14.3. The van der Waals surface area contributed by atoms with E-state index in [0.29, 0.717) is 13.0 Å². The Labute approximate surface area is 105 Å². The molecule has 1 saturated heterocycles. The number of carbonyl (C=O) groups excluding carboxylic acids is 2. The molecule has 2 atom stereocenters. The van der Waals surface area contributed by atoms with Gasteiger partial charge < -0.3 is 21.1 Å². The van der Waals surface area contributed by atoms with Crippen molar-refractivity contribution in [2.24, 2.45) is 5.92 Å². The minimum absolute atomic E-state index is 0.228. The Kier molecular flexibility index (Phi) is 4.94. The van der Waals surface area contributed by atoms with Crippen molar-refractivity contribution in [1.82, 2.24) is 16.0 Å². The standard InChI is InChI=1S/C11H19N3O4/c1-6(2)8(10(16)17)14-11(18)13-7-4-3-5-12-9(7)15/h6-8H,3-5H2,1-2H3,(H,12,15)(H,16,17)(H2,13,14,18)/t7?,8-/m1/s1. The second-order valence-electron chi connectivity index (χ2n) is 4.66. The Balaban J connectivity index is 2.49.